The number of allylic oxidation sites excluding steroid dienone is 1. The summed E-state index contributed by atoms with van der Waals surface area (Å²) in [6.07, 6.45) is -3.06. The number of nitrogens with zero attached hydrogens (tertiary/aromatic N) is 3. The maximum absolute atomic E-state index is 14.0. The minimum absolute atomic E-state index is 0.0369. The van der Waals surface area contributed by atoms with Crippen LogP contribution in [0.3, 0.4) is 0 Å². The van der Waals surface area contributed by atoms with Gasteiger partial charge in [0.1, 0.15) is 23.7 Å². The van der Waals surface area contributed by atoms with E-state index in [0.29, 0.717) is 29.2 Å². The number of nitrogens with one attached hydrogen (secondary N) is 2. The molecule has 11 heteroatoms. The molecule has 35 heavy (non-hydrogen) atoms. The van der Waals surface area contributed by atoms with E-state index in [9.17, 15) is 18.3 Å². The van der Waals surface area contributed by atoms with Gasteiger partial charge in [-0.25, -0.2) is 4.99 Å². The van der Waals surface area contributed by atoms with E-state index in [0.717, 1.165) is 16.5 Å². The molecule has 1 aliphatic rings. The second-order valence-electron chi connectivity index (χ2n) is 8.26. The summed E-state index contributed by atoms with van der Waals surface area (Å²) in [7, 11) is 0. The zero-order valence-electron chi connectivity index (χ0n) is 19.5. The van der Waals surface area contributed by atoms with Gasteiger partial charge in [-0.3, -0.25) is 0 Å². The summed E-state index contributed by atoms with van der Waals surface area (Å²) in [5.74, 6) is 0.437. The van der Waals surface area contributed by atoms with Crippen molar-refractivity contribution < 1.29 is 23.0 Å². The average Bonchev–Trinajstić information content (AvgIpc) is 3.28. The Morgan fingerprint density at radius 2 is 2.03 bits per heavy atom. The summed E-state index contributed by atoms with van der Waals surface area (Å²) in [6.45, 7) is 6.39. The van der Waals surface area contributed by atoms with Crippen LogP contribution in [0.1, 0.15) is 26.3 Å². The molecule has 0 aliphatic carbocycles. The third-order valence-corrected chi connectivity index (χ3v) is 6.30. The first kappa shape index (κ1) is 24.8. The number of halogens is 3. The Hall–Kier alpha value is -3.31. The molecule has 2 heterocycles. The molecule has 3 aromatic rings. The van der Waals surface area contributed by atoms with Gasteiger partial charge in [-0.15, -0.1) is 0 Å². The molecule has 0 saturated heterocycles. The Balaban J connectivity index is 1.67. The van der Waals surface area contributed by atoms with Crippen molar-refractivity contribution in [2.24, 2.45) is 4.99 Å². The summed E-state index contributed by atoms with van der Waals surface area (Å²) in [4.78, 5) is 6.40. The molecule has 0 spiro atoms. The van der Waals surface area contributed by atoms with Crippen molar-refractivity contribution in [3.63, 3.8) is 0 Å². The first-order valence-corrected chi connectivity index (χ1v) is 11.8. The first-order valence-electron chi connectivity index (χ1n) is 11.1. The molecule has 1 aromatic heterocycles. The molecule has 0 amide bonds. The van der Waals surface area contributed by atoms with Crippen LogP contribution >= 0.6 is 11.5 Å². The normalized spacial score (nSPS) is 14.2. The van der Waals surface area contributed by atoms with Gasteiger partial charge >= 0.3 is 6.18 Å². The highest BCUT2D eigenvalue weighted by Crippen LogP contribution is 2.41. The minimum Gasteiger partial charge on any atom is -0.456 e. The van der Waals surface area contributed by atoms with Crippen LogP contribution in [0.5, 0.6) is 11.5 Å². The summed E-state index contributed by atoms with van der Waals surface area (Å²) in [6, 6.07) is 9.06. The van der Waals surface area contributed by atoms with Crippen molar-refractivity contribution in [1.82, 2.24) is 14.6 Å². The first-order chi connectivity index (χ1) is 16.7. The van der Waals surface area contributed by atoms with Crippen molar-refractivity contribution in [2.75, 3.05) is 25.1 Å². The van der Waals surface area contributed by atoms with Gasteiger partial charge in [0.15, 0.2) is 5.84 Å². The molecular formula is C24H26F3N5O2S. The molecule has 186 valence electrons. The number of amidine groups is 1. The Bertz CT molecular complexity index is 1270. The zero-order valence-corrected chi connectivity index (χ0v) is 20.3. The van der Waals surface area contributed by atoms with Crippen molar-refractivity contribution in [3.8, 4) is 11.5 Å². The highest BCUT2D eigenvalue weighted by atomic mass is 32.1. The number of fused-ring (bicyclic) bond motifs is 1. The highest BCUT2D eigenvalue weighted by molar-refractivity contribution is 7.13. The van der Waals surface area contributed by atoms with E-state index < -0.39 is 11.7 Å². The van der Waals surface area contributed by atoms with Crippen molar-refractivity contribution >= 4 is 33.1 Å². The molecule has 4 rings (SSSR count). The van der Waals surface area contributed by atoms with Crippen molar-refractivity contribution in [3.05, 3.63) is 59.6 Å². The molecule has 0 fully saturated rings. The Morgan fingerprint density at radius 1 is 1.23 bits per heavy atom. The number of ether oxygens (including phenoxy) is 1. The van der Waals surface area contributed by atoms with Crippen LogP contribution in [0.4, 0.5) is 18.9 Å². The lowest BCUT2D eigenvalue weighted by Crippen LogP contribution is -2.42. The number of alkyl halides is 3. The molecule has 0 atom stereocenters. The average molecular weight is 506 g/mol. The number of hydrogen-bond acceptors (Lipinski definition) is 8. The number of hydrogen-bond donors (Lipinski definition) is 3. The molecule has 1 aliphatic heterocycles. The highest BCUT2D eigenvalue weighted by Gasteiger charge is 2.35. The number of aliphatic hydroxyl groups is 1. The number of aliphatic hydroxyl groups excluding tert-OH is 1. The van der Waals surface area contributed by atoms with Gasteiger partial charge in [0.05, 0.1) is 28.6 Å². The zero-order chi connectivity index (χ0) is 25.2. The minimum atomic E-state index is -4.64. The smallest absolute Gasteiger partial charge is 0.420 e. The summed E-state index contributed by atoms with van der Waals surface area (Å²) in [5.41, 5.74) is 0.832. The van der Waals surface area contributed by atoms with Crippen LogP contribution in [0.2, 0.25) is 0 Å². The summed E-state index contributed by atoms with van der Waals surface area (Å²) < 4.78 is 52.7. The van der Waals surface area contributed by atoms with E-state index in [1.807, 2.05) is 31.7 Å². The number of aliphatic imine (C=N–C) groups is 1. The third-order valence-electron chi connectivity index (χ3n) is 5.54. The topological polar surface area (TPSA) is 82.0 Å². The number of rotatable bonds is 7. The van der Waals surface area contributed by atoms with Gasteiger partial charge < -0.3 is 25.4 Å². The second kappa shape index (κ2) is 10.1. The Labute approximate surface area is 205 Å². The van der Waals surface area contributed by atoms with Crippen LogP contribution in [0, 0.1) is 0 Å². The predicted octanol–water partition coefficient (Wildman–Crippen LogP) is 5.41. The fraction of sp³-hybridized carbons (Fsp3) is 0.333. The van der Waals surface area contributed by atoms with Crippen LogP contribution in [0.25, 0.3) is 10.1 Å². The van der Waals surface area contributed by atoms with Crippen LogP contribution in [-0.2, 0) is 6.18 Å². The quantitative estimate of drug-likeness (QED) is 0.398. The maximum atomic E-state index is 14.0. The summed E-state index contributed by atoms with van der Waals surface area (Å²) >= 11 is 1.25. The number of benzene rings is 2. The van der Waals surface area contributed by atoms with Crippen LogP contribution < -0.4 is 15.4 Å². The number of anilines is 1. The van der Waals surface area contributed by atoms with E-state index in [1.54, 1.807) is 18.3 Å². The molecule has 7 nitrogen and oxygen atoms in total. The van der Waals surface area contributed by atoms with E-state index in [-0.39, 0.29) is 30.8 Å². The van der Waals surface area contributed by atoms with Crippen LogP contribution in [-0.4, -0.2) is 46.1 Å². The Kier molecular flexibility index (Phi) is 7.18. The molecule has 2 aromatic carbocycles. The lowest BCUT2D eigenvalue weighted by Gasteiger charge is -2.35. The number of aromatic nitrogens is 1. The van der Waals surface area contributed by atoms with Gasteiger partial charge in [0.2, 0.25) is 0 Å². The second-order valence-corrected chi connectivity index (χ2v) is 9.09. The molecule has 0 bridgehead atoms. The largest absolute Gasteiger partial charge is 0.456 e. The van der Waals surface area contributed by atoms with E-state index in [4.69, 9.17) is 4.74 Å². The maximum Gasteiger partial charge on any atom is 0.420 e. The fourth-order valence-electron chi connectivity index (χ4n) is 3.89. The van der Waals surface area contributed by atoms with E-state index >= 15 is 0 Å². The van der Waals surface area contributed by atoms with Gasteiger partial charge in [0.25, 0.3) is 0 Å². The molecule has 3 N–H and O–H groups in total. The lowest BCUT2D eigenvalue weighted by atomic mass is 10.1. The standard InChI is InChI=1S/C24H26F3N5O2S/c1-14(2)32(9-10-33)22-15(3)28-13-29-23(22)31-16-7-8-20(18(11-16)24(25,26)27)34-19-5-4-6-21-17(19)12-30-35-21/h4-8,11-12,14,28,33H,9-10,13H2,1-3H3,(H,29,31). The van der Waals surface area contributed by atoms with Gasteiger partial charge in [-0.1, -0.05) is 6.07 Å². The van der Waals surface area contributed by atoms with Gasteiger partial charge in [0, 0.05) is 24.0 Å². The molecule has 0 saturated carbocycles. The molecule has 0 unspecified atom stereocenters. The molecular weight excluding hydrogens is 479 g/mol. The van der Waals surface area contributed by atoms with Gasteiger partial charge in [-0.05, 0) is 62.6 Å². The summed E-state index contributed by atoms with van der Waals surface area (Å²) in [5, 5.41) is 16.4. The van der Waals surface area contributed by atoms with Crippen molar-refractivity contribution in [1.29, 1.82) is 0 Å². The predicted molar refractivity (Wildman–Crippen MR) is 132 cm³/mol. The van der Waals surface area contributed by atoms with Crippen molar-refractivity contribution in [2.45, 2.75) is 33.0 Å². The monoisotopic (exact) mass is 505 g/mol. The Morgan fingerprint density at radius 3 is 2.74 bits per heavy atom. The van der Waals surface area contributed by atoms with E-state index in [2.05, 4.69) is 20.0 Å². The molecule has 0 radical (unpaired) electrons. The fourth-order valence-corrected chi connectivity index (χ4v) is 4.55. The SMILES string of the molecule is CC1=C(N(CCO)C(C)C)C(Nc2ccc(Oc3cccc4sncc34)c(C(F)(F)F)c2)=NCN1. The lowest BCUT2D eigenvalue weighted by molar-refractivity contribution is -0.138. The van der Waals surface area contributed by atoms with Gasteiger partial charge in [-0.2, -0.15) is 17.5 Å². The third kappa shape index (κ3) is 5.35. The van der Waals surface area contributed by atoms with E-state index in [1.165, 1.54) is 23.7 Å². The van der Waals surface area contributed by atoms with Crippen LogP contribution in [0.15, 0.2) is 59.0 Å².